The molecule has 0 aliphatic heterocycles. The number of rotatable bonds is 5. The molecule has 0 saturated heterocycles. The van der Waals surface area contributed by atoms with Crippen molar-refractivity contribution in [3.05, 3.63) is 102 Å². The van der Waals surface area contributed by atoms with Crippen molar-refractivity contribution in [2.24, 2.45) is 0 Å². The van der Waals surface area contributed by atoms with Gasteiger partial charge in [-0.2, -0.15) is 13.2 Å². The molecular weight excluding hydrogens is 397 g/mol. The van der Waals surface area contributed by atoms with E-state index in [1.807, 2.05) is 48.0 Å². The number of aryl methyl sites for hydroxylation is 1. The molecule has 4 rings (SSSR count). The Labute approximate surface area is 179 Å². The molecule has 0 amide bonds. The van der Waals surface area contributed by atoms with E-state index in [1.165, 1.54) is 17.7 Å². The van der Waals surface area contributed by atoms with Crippen molar-refractivity contribution in [1.29, 1.82) is 0 Å². The van der Waals surface area contributed by atoms with Crippen LogP contribution in [0, 0.1) is 0 Å². The van der Waals surface area contributed by atoms with Crippen LogP contribution < -0.4 is 0 Å². The number of hydrogen-bond donors (Lipinski definition) is 0. The van der Waals surface area contributed by atoms with E-state index < -0.39 is 11.7 Å². The topological polar surface area (TPSA) is 17.8 Å². The lowest BCUT2D eigenvalue weighted by atomic mass is 10.0. The summed E-state index contributed by atoms with van der Waals surface area (Å²) in [7, 11) is 0. The quantitative estimate of drug-likeness (QED) is 0.330. The van der Waals surface area contributed by atoms with E-state index >= 15 is 0 Å². The maximum Gasteiger partial charge on any atom is 0.416 e. The normalized spacial score (nSPS) is 11.9. The Morgan fingerprint density at radius 2 is 1.39 bits per heavy atom. The molecule has 0 N–H and O–H groups in total. The zero-order valence-corrected chi connectivity index (χ0v) is 17.0. The highest BCUT2D eigenvalue weighted by atomic mass is 19.4. The van der Waals surface area contributed by atoms with Crippen molar-refractivity contribution in [3.8, 4) is 22.4 Å². The van der Waals surface area contributed by atoms with Gasteiger partial charge in [-0.3, -0.25) is 0 Å². The molecule has 0 bridgehead atoms. The van der Waals surface area contributed by atoms with Crippen LogP contribution in [0.4, 0.5) is 13.2 Å². The molecule has 0 spiro atoms. The third kappa shape index (κ3) is 4.77. The Balaban J connectivity index is 1.55. The smallest absolute Gasteiger partial charge is 0.331 e. The SMILES string of the molecule is CCn1cc(-c2ccc(C(F)(F)F)cc2)nc1/C=C/c1ccc(-c2ccccc2)cc1. The van der Waals surface area contributed by atoms with E-state index in [4.69, 9.17) is 0 Å². The zero-order chi connectivity index (χ0) is 21.8. The molecule has 0 aliphatic rings. The van der Waals surface area contributed by atoms with Crippen molar-refractivity contribution in [2.45, 2.75) is 19.6 Å². The van der Waals surface area contributed by atoms with Crippen LogP contribution in [0.2, 0.25) is 0 Å². The second kappa shape index (κ2) is 8.64. The lowest BCUT2D eigenvalue weighted by Crippen LogP contribution is -2.03. The molecule has 0 fully saturated rings. The largest absolute Gasteiger partial charge is 0.416 e. The number of imidazole rings is 1. The summed E-state index contributed by atoms with van der Waals surface area (Å²) >= 11 is 0. The molecule has 0 radical (unpaired) electrons. The van der Waals surface area contributed by atoms with E-state index in [9.17, 15) is 13.2 Å². The number of halogens is 3. The molecule has 1 heterocycles. The van der Waals surface area contributed by atoms with Crippen LogP contribution in [0.3, 0.4) is 0 Å². The fourth-order valence-corrected chi connectivity index (χ4v) is 3.37. The minimum absolute atomic E-state index is 0.648. The average molecular weight is 418 g/mol. The summed E-state index contributed by atoms with van der Waals surface area (Å²) in [5, 5.41) is 0. The van der Waals surface area contributed by atoms with Gasteiger partial charge in [-0.05, 0) is 41.8 Å². The third-order valence-corrected chi connectivity index (χ3v) is 5.10. The predicted octanol–water partition coefficient (Wildman–Crippen LogP) is 7.43. The van der Waals surface area contributed by atoms with Crippen LogP contribution in [0.25, 0.3) is 34.5 Å². The summed E-state index contributed by atoms with van der Waals surface area (Å²) in [4.78, 5) is 4.62. The second-order valence-corrected chi connectivity index (χ2v) is 7.17. The van der Waals surface area contributed by atoms with Crippen molar-refractivity contribution in [1.82, 2.24) is 9.55 Å². The summed E-state index contributed by atoms with van der Waals surface area (Å²) < 4.78 is 40.4. The van der Waals surface area contributed by atoms with Crippen molar-refractivity contribution in [3.63, 3.8) is 0 Å². The van der Waals surface area contributed by atoms with Gasteiger partial charge in [0, 0.05) is 18.3 Å². The van der Waals surface area contributed by atoms with E-state index in [0.717, 1.165) is 29.1 Å². The molecule has 1 aromatic heterocycles. The summed E-state index contributed by atoms with van der Waals surface area (Å²) in [5.41, 5.74) is 4.00. The van der Waals surface area contributed by atoms with Crippen molar-refractivity contribution in [2.75, 3.05) is 0 Å². The van der Waals surface area contributed by atoms with Gasteiger partial charge in [0.2, 0.25) is 0 Å². The standard InChI is InChI=1S/C26H21F3N2/c1-2-31-18-24(22-13-15-23(16-14-22)26(27,28)29)30-25(31)17-10-19-8-11-21(12-9-19)20-6-4-3-5-7-20/h3-18H,2H2,1H3/b17-10+. The molecule has 5 heteroatoms. The number of alkyl halides is 3. The maximum atomic E-state index is 12.8. The molecule has 156 valence electrons. The van der Waals surface area contributed by atoms with Crippen LogP contribution in [-0.4, -0.2) is 9.55 Å². The Bertz CT molecular complexity index is 1170. The van der Waals surface area contributed by atoms with Crippen LogP contribution in [0.15, 0.2) is 85.1 Å². The first-order valence-corrected chi connectivity index (χ1v) is 10.0. The monoisotopic (exact) mass is 418 g/mol. The molecule has 0 unspecified atom stereocenters. The lowest BCUT2D eigenvalue weighted by Gasteiger charge is -2.06. The second-order valence-electron chi connectivity index (χ2n) is 7.17. The average Bonchev–Trinajstić information content (AvgIpc) is 3.21. The highest BCUT2D eigenvalue weighted by Crippen LogP contribution is 2.31. The van der Waals surface area contributed by atoms with Gasteiger partial charge < -0.3 is 4.57 Å². The van der Waals surface area contributed by atoms with E-state index in [1.54, 1.807) is 0 Å². The first-order valence-electron chi connectivity index (χ1n) is 10.0. The fourth-order valence-electron chi connectivity index (χ4n) is 3.37. The Morgan fingerprint density at radius 3 is 2.00 bits per heavy atom. The van der Waals surface area contributed by atoms with Gasteiger partial charge in [-0.1, -0.05) is 72.8 Å². The summed E-state index contributed by atoms with van der Waals surface area (Å²) in [6.07, 6.45) is 1.43. The van der Waals surface area contributed by atoms with E-state index in [2.05, 4.69) is 41.4 Å². The van der Waals surface area contributed by atoms with E-state index in [-0.39, 0.29) is 0 Å². The molecule has 4 aromatic rings. The number of hydrogen-bond acceptors (Lipinski definition) is 1. The first kappa shape index (κ1) is 20.7. The zero-order valence-electron chi connectivity index (χ0n) is 17.0. The molecule has 2 nitrogen and oxygen atoms in total. The minimum atomic E-state index is -4.34. The van der Waals surface area contributed by atoms with Gasteiger partial charge in [-0.25, -0.2) is 4.98 Å². The number of aromatic nitrogens is 2. The number of nitrogens with zero attached hydrogens (tertiary/aromatic N) is 2. The number of benzene rings is 3. The van der Waals surface area contributed by atoms with Crippen LogP contribution in [-0.2, 0) is 12.7 Å². The van der Waals surface area contributed by atoms with Crippen molar-refractivity contribution < 1.29 is 13.2 Å². The van der Waals surface area contributed by atoms with Crippen LogP contribution in [0.1, 0.15) is 23.9 Å². The third-order valence-electron chi connectivity index (χ3n) is 5.10. The summed E-state index contributed by atoms with van der Waals surface area (Å²) in [6, 6.07) is 23.5. The molecule has 0 atom stereocenters. The summed E-state index contributed by atoms with van der Waals surface area (Å²) in [6.45, 7) is 2.71. The van der Waals surface area contributed by atoms with Gasteiger partial charge in [0.15, 0.2) is 0 Å². The predicted molar refractivity (Wildman–Crippen MR) is 119 cm³/mol. The van der Waals surface area contributed by atoms with Gasteiger partial charge in [-0.15, -0.1) is 0 Å². The Hall–Kier alpha value is -3.60. The minimum Gasteiger partial charge on any atom is -0.331 e. The lowest BCUT2D eigenvalue weighted by molar-refractivity contribution is -0.137. The molecule has 3 aromatic carbocycles. The molecule has 0 aliphatic carbocycles. The highest BCUT2D eigenvalue weighted by molar-refractivity contribution is 5.71. The molecular formula is C26H21F3N2. The highest BCUT2D eigenvalue weighted by Gasteiger charge is 2.30. The maximum absolute atomic E-state index is 12.8. The van der Waals surface area contributed by atoms with Gasteiger partial charge in [0.25, 0.3) is 0 Å². The summed E-state index contributed by atoms with van der Waals surface area (Å²) in [5.74, 6) is 0.754. The molecule has 31 heavy (non-hydrogen) atoms. The van der Waals surface area contributed by atoms with E-state index in [0.29, 0.717) is 17.8 Å². The first-order chi connectivity index (χ1) is 14.9. The molecule has 0 saturated carbocycles. The fraction of sp³-hybridized carbons (Fsp3) is 0.115. The van der Waals surface area contributed by atoms with Crippen molar-refractivity contribution >= 4 is 12.2 Å². The van der Waals surface area contributed by atoms with Crippen LogP contribution >= 0.6 is 0 Å². The van der Waals surface area contributed by atoms with Crippen LogP contribution in [0.5, 0.6) is 0 Å². The van der Waals surface area contributed by atoms with Gasteiger partial charge in [0.05, 0.1) is 11.3 Å². The Morgan fingerprint density at radius 1 is 0.774 bits per heavy atom. The van der Waals surface area contributed by atoms with Gasteiger partial charge >= 0.3 is 6.18 Å². The van der Waals surface area contributed by atoms with Gasteiger partial charge in [0.1, 0.15) is 5.82 Å². The Kier molecular flexibility index (Phi) is 5.76.